The van der Waals surface area contributed by atoms with Crippen LogP contribution in [0.2, 0.25) is 0 Å². The summed E-state index contributed by atoms with van der Waals surface area (Å²) in [7, 11) is 0. The number of allylic oxidation sites excluding steroid dienone is 3. The van der Waals surface area contributed by atoms with E-state index >= 15 is 0 Å². The minimum Gasteiger partial charge on any atom is -0.461 e. The van der Waals surface area contributed by atoms with Crippen molar-refractivity contribution >= 4 is 6.08 Å². The van der Waals surface area contributed by atoms with Crippen molar-refractivity contribution in [3.63, 3.8) is 0 Å². The van der Waals surface area contributed by atoms with E-state index in [-0.39, 0.29) is 0 Å². The van der Waals surface area contributed by atoms with Crippen LogP contribution in [-0.4, -0.2) is 0 Å². The summed E-state index contributed by atoms with van der Waals surface area (Å²) in [6.45, 7) is 4.02. The number of ether oxygens (including phenoxy) is 1. The molecule has 0 aliphatic carbocycles. The molecule has 2 aromatic carbocycles. The largest absolute Gasteiger partial charge is 0.461 e. The molecular weight excluding hydrogens is 244 g/mol. The van der Waals surface area contributed by atoms with Gasteiger partial charge in [0.25, 0.3) is 0 Å². The van der Waals surface area contributed by atoms with E-state index in [4.69, 9.17) is 4.74 Å². The van der Waals surface area contributed by atoms with E-state index in [2.05, 4.69) is 36.4 Å². The highest BCUT2D eigenvalue weighted by atomic mass is 16.5. The zero-order valence-electron chi connectivity index (χ0n) is 12.0. The molecule has 2 rings (SSSR count). The second-order valence-corrected chi connectivity index (χ2v) is 4.56. The van der Waals surface area contributed by atoms with E-state index in [1.807, 2.05) is 50.3 Å². The molecule has 0 spiro atoms. The Balaban J connectivity index is 2.15. The third-order valence-corrected chi connectivity index (χ3v) is 3.05. The van der Waals surface area contributed by atoms with Crippen LogP contribution >= 0.6 is 0 Å². The molecule has 0 aromatic heterocycles. The van der Waals surface area contributed by atoms with E-state index in [9.17, 15) is 0 Å². The molecule has 1 heteroatoms. The highest BCUT2D eigenvalue weighted by Crippen LogP contribution is 2.23. The summed E-state index contributed by atoms with van der Waals surface area (Å²) in [5.41, 5.74) is 2.35. The first-order chi connectivity index (χ1) is 9.83. The van der Waals surface area contributed by atoms with Gasteiger partial charge in [0.1, 0.15) is 11.5 Å². The number of hydrogen-bond acceptors (Lipinski definition) is 1. The van der Waals surface area contributed by atoms with Crippen molar-refractivity contribution < 1.29 is 4.74 Å². The highest BCUT2D eigenvalue weighted by molar-refractivity contribution is 5.57. The third kappa shape index (κ3) is 3.86. The van der Waals surface area contributed by atoms with Gasteiger partial charge in [-0.3, -0.25) is 0 Å². The topological polar surface area (TPSA) is 9.23 Å². The van der Waals surface area contributed by atoms with Crippen molar-refractivity contribution in [3.8, 4) is 5.75 Å². The van der Waals surface area contributed by atoms with Crippen LogP contribution < -0.4 is 4.74 Å². The molecule has 0 aliphatic heterocycles. The Kier molecular flexibility index (Phi) is 5.19. The molecule has 0 radical (unpaired) electrons. The number of benzene rings is 2. The van der Waals surface area contributed by atoms with Gasteiger partial charge in [-0.1, -0.05) is 60.7 Å². The number of para-hydroxylation sites is 1. The van der Waals surface area contributed by atoms with Gasteiger partial charge in [-0.2, -0.15) is 0 Å². The van der Waals surface area contributed by atoms with Crippen molar-refractivity contribution in [2.75, 3.05) is 0 Å². The van der Waals surface area contributed by atoms with E-state index in [0.29, 0.717) is 0 Å². The highest BCUT2D eigenvalue weighted by Gasteiger charge is 2.04. The first kappa shape index (κ1) is 14.1. The first-order valence-corrected chi connectivity index (χ1v) is 6.92. The SMILES string of the molecule is C/C=C(/Cc1ccccc1)Oc1ccccc1/C=C/C. The lowest BCUT2D eigenvalue weighted by molar-refractivity contribution is 0.411. The van der Waals surface area contributed by atoms with E-state index < -0.39 is 0 Å². The molecule has 0 fully saturated rings. The maximum absolute atomic E-state index is 6.06. The molecular formula is C19H20O. The fourth-order valence-electron chi connectivity index (χ4n) is 2.03. The zero-order chi connectivity index (χ0) is 14.2. The lowest BCUT2D eigenvalue weighted by atomic mass is 10.1. The Morgan fingerprint density at radius 2 is 1.65 bits per heavy atom. The summed E-state index contributed by atoms with van der Waals surface area (Å²) in [6, 6.07) is 18.4. The minimum atomic E-state index is 0.807. The predicted octanol–water partition coefficient (Wildman–Crippen LogP) is 5.25. The summed E-state index contributed by atoms with van der Waals surface area (Å²) in [4.78, 5) is 0. The normalized spacial score (nSPS) is 11.8. The Morgan fingerprint density at radius 1 is 0.950 bits per heavy atom. The summed E-state index contributed by atoms with van der Waals surface area (Å²) >= 11 is 0. The molecule has 0 bridgehead atoms. The summed E-state index contributed by atoms with van der Waals surface area (Å²) in [5, 5.41) is 0. The standard InChI is InChI=1S/C19H20O/c1-3-10-17-13-8-9-14-19(17)20-18(4-2)15-16-11-6-5-7-12-16/h3-14H,15H2,1-2H3/b10-3+,18-4-. The maximum atomic E-state index is 6.06. The Hall–Kier alpha value is -2.28. The fraction of sp³-hybridized carbons (Fsp3) is 0.158. The lowest BCUT2D eigenvalue weighted by Gasteiger charge is -2.12. The monoisotopic (exact) mass is 264 g/mol. The predicted molar refractivity (Wildman–Crippen MR) is 85.7 cm³/mol. The number of hydrogen-bond donors (Lipinski definition) is 0. The average molecular weight is 264 g/mol. The molecule has 0 atom stereocenters. The molecule has 20 heavy (non-hydrogen) atoms. The van der Waals surface area contributed by atoms with Crippen LogP contribution in [0.25, 0.3) is 6.08 Å². The second kappa shape index (κ2) is 7.34. The summed E-state index contributed by atoms with van der Waals surface area (Å²) in [6.07, 6.45) is 6.92. The average Bonchev–Trinajstić information content (AvgIpc) is 2.50. The van der Waals surface area contributed by atoms with Gasteiger partial charge in [0.15, 0.2) is 0 Å². The summed E-state index contributed by atoms with van der Waals surface area (Å²) < 4.78 is 6.06. The maximum Gasteiger partial charge on any atom is 0.134 e. The van der Waals surface area contributed by atoms with E-state index in [1.165, 1.54) is 5.56 Å². The molecule has 2 aromatic rings. The molecule has 0 amide bonds. The molecule has 0 saturated heterocycles. The molecule has 0 N–H and O–H groups in total. The summed E-state index contributed by atoms with van der Waals surface area (Å²) in [5.74, 6) is 1.86. The molecule has 0 unspecified atom stereocenters. The molecule has 0 aliphatic rings. The van der Waals surface area contributed by atoms with Gasteiger partial charge >= 0.3 is 0 Å². The third-order valence-electron chi connectivity index (χ3n) is 3.05. The van der Waals surface area contributed by atoms with E-state index in [0.717, 1.165) is 23.5 Å². The molecule has 0 saturated carbocycles. The zero-order valence-corrected chi connectivity index (χ0v) is 12.0. The second-order valence-electron chi connectivity index (χ2n) is 4.56. The Bertz CT molecular complexity index is 594. The first-order valence-electron chi connectivity index (χ1n) is 6.92. The van der Waals surface area contributed by atoms with Gasteiger partial charge in [0, 0.05) is 12.0 Å². The molecule has 1 nitrogen and oxygen atoms in total. The van der Waals surface area contributed by atoms with E-state index in [1.54, 1.807) is 0 Å². The Labute approximate surface area is 121 Å². The molecule has 0 heterocycles. The van der Waals surface area contributed by atoms with Crippen LogP contribution in [0.4, 0.5) is 0 Å². The quantitative estimate of drug-likeness (QED) is 0.671. The van der Waals surface area contributed by atoms with Gasteiger partial charge in [-0.05, 0) is 31.6 Å². The van der Waals surface area contributed by atoms with Crippen LogP contribution in [0.3, 0.4) is 0 Å². The minimum absolute atomic E-state index is 0.807. The van der Waals surface area contributed by atoms with Crippen molar-refractivity contribution in [2.24, 2.45) is 0 Å². The smallest absolute Gasteiger partial charge is 0.134 e. The van der Waals surface area contributed by atoms with Crippen molar-refractivity contribution in [3.05, 3.63) is 83.6 Å². The molecule has 102 valence electrons. The van der Waals surface area contributed by atoms with Gasteiger partial charge in [0.05, 0.1) is 0 Å². The van der Waals surface area contributed by atoms with Crippen LogP contribution in [0, 0.1) is 0 Å². The van der Waals surface area contributed by atoms with Crippen LogP contribution in [0.15, 0.2) is 72.5 Å². The lowest BCUT2D eigenvalue weighted by Crippen LogP contribution is -2.00. The van der Waals surface area contributed by atoms with Crippen LogP contribution in [-0.2, 0) is 6.42 Å². The number of rotatable bonds is 5. The van der Waals surface area contributed by atoms with Crippen LogP contribution in [0.5, 0.6) is 5.75 Å². The van der Waals surface area contributed by atoms with Crippen molar-refractivity contribution in [1.29, 1.82) is 0 Å². The van der Waals surface area contributed by atoms with Gasteiger partial charge < -0.3 is 4.74 Å². The fourth-order valence-corrected chi connectivity index (χ4v) is 2.03. The van der Waals surface area contributed by atoms with Crippen molar-refractivity contribution in [2.45, 2.75) is 20.3 Å². The van der Waals surface area contributed by atoms with Gasteiger partial charge in [0.2, 0.25) is 0 Å². The van der Waals surface area contributed by atoms with Gasteiger partial charge in [-0.15, -0.1) is 0 Å². The van der Waals surface area contributed by atoms with Gasteiger partial charge in [-0.25, -0.2) is 0 Å². The van der Waals surface area contributed by atoms with Crippen LogP contribution in [0.1, 0.15) is 25.0 Å². The van der Waals surface area contributed by atoms with Crippen molar-refractivity contribution in [1.82, 2.24) is 0 Å². The Morgan fingerprint density at radius 3 is 2.35 bits per heavy atom.